The van der Waals surface area contributed by atoms with Crippen molar-refractivity contribution in [2.24, 2.45) is 11.7 Å². The second kappa shape index (κ2) is 8.01. The minimum atomic E-state index is 0.228. The maximum Gasteiger partial charge on any atom is 0.133 e. The lowest BCUT2D eigenvalue weighted by Gasteiger charge is -2.34. The Hall–Kier alpha value is -0.580. The Morgan fingerprint density at radius 3 is 2.40 bits per heavy atom. The van der Waals surface area contributed by atoms with E-state index in [0.717, 1.165) is 10.2 Å². The summed E-state index contributed by atoms with van der Waals surface area (Å²) in [6.45, 7) is 7.39. The molecule has 0 fully saturated rings. The van der Waals surface area contributed by atoms with Crippen LogP contribution < -0.4 is 10.5 Å². The molecule has 2 atom stereocenters. The second-order valence-electron chi connectivity index (χ2n) is 5.79. The minimum absolute atomic E-state index is 0.228. The lowest BCUT2D eigenvalue weighted by Crippen LogP contribution is -2.37. The molecule has 0 spiro atoms. The molecular weight excluding hydrogens is 316 g/mol. The summed E-state index contributed by atoms with van der Waals surface area (Å²) < 4.78 is 6.26. The van der Waals surface area contributed by atoms with Crippen molar-refractivity contribution in [1.29, 1.82) is 0 Å². The first-order chi connectivity index (χ1) is 9.40. The van der Waals surface area contributed by atoms with E-state index in [9.17, 15) is 0 Å². The zero-order chi connectivity index (χ0) is 15.3. The molecule has 1 aromatic carbocycles. The molecule has 20 heavy (non-hydrogen) atoms. The van der Waals surface area contributed by atoms with Crippen molar-refractivity contribution < 1.29 is 4.74 Å². The number of hydrogen-bond acceptors (Lipinski definition) is 3. The Bertz CT molecular complexity index is 423. The van der Waals surface area contributed by atoms with Gasteiger partial charge < -0.3 is 10.5 Å². The normalized spacial score (nSPS) is 14.7. The van der Waals surface area contributed by atoms with Gasteiger partial charge >= 0.3 is 0 Å². The number of rotatable bonds is 7. The van der Waals surface area contributed by atoms with E-state index in [1.165, 1.54) is 12.0 Å². The zero-order valence-corrected chi connectivity index (χ0v) is 14.8. The molecule has 114 valence electrons. The Morgan fingerprint density at radius 2 is 1.95 bits per heavy atom. The van der Waals surface area contributed by atoms with Crippen LogP contribution in [0.1, 0.15) is 38.8 Å². The van der Waals surface area contributed by atoms with Crippen molar-refractivity contribution in [3.8, 4) is 5.75 Å². The summed E-state index contributed by atoms with van der Waals surface area (Å²) in [6, 6.07) is 6.92. The summed E-state index contributed by atoms with van der Waals surface area (Å²) in [7, 11) is 3.83. The first kappa shape index (κ1) is 17.5. The number of nitrogens with two attached hydrogens (primary N) is 1. The summed E-state index contributed by atoms with van der Waals surface area (Å²) in [5, 5.41) is 0. The summed E-state index contributed by atoms with van der Waals surface area (Å²) in [4.78, 5) is 2.37. The van der Waals surface area contributed by atoms with Crippen molar-refractivity contribution in [1.82, 2.24) is 4.90 Å². The largest absolute Gasteiger partial charge is 0.496 e. The molecule has 3 nitrogen and oxygen atoms in total. The average Bonchev–Trinajstić information content (AvgIpc) is 2.38. The van der Waals surface area contributed by atoms with Crippen LogP contribution in [0, 0.1) is 5.92 Å². The molecule has 0 bridgehead atoms. The molecule has 0 amide bonds. The van der Waals surface area contributed by atoms with Gasteiger partial charge in [-0.1, -0.05) is 19.9 Å². The van der Waals surface area contributed by atoms with Crippen LogP contribution >= 0.6 is 15.9 Å². The number of benzene rings is 1. The molecule has 0 saturated heterocycles. The Balaban J connectivity index is 2.92. The monoisotopic (exact) mass is 342 g/mol. The van der Waals surface area contributed by atoms with E-state index < -0.39 is 0 Å². The highest BCUT2D eigenvalue weighted by molar-refractivity contribution is 9.10. The van der Waals surface area contributed by atoms with Crippen molar-refractivity contribution in [2.45, 2.75) is 39.3 Å². The maximum absolute atomic E-state index is 6.01. The molecular formula is C16H27BrN2O. The molecule has 0 radical (unpaired) electrons. The van der Waals surface area contributed by atoms with Gasteiger partial charge in [-0.15, -0.1) is 0 Å². The molecule has 2 N–H and O–H groups in total. The van der Waals surface area contributed by atoms with Gasteiger partial charge in [-0.2, -0.15) is 0 Å². The molecule has 0 aliphatic heterocycles. The predicted molar refractivity (Wildman–Crippen MR) is 89.2 cm³/mol. The van der Waals surface area contributed by atoms with Gasteiger partial charge in [0, 0.05) is 18.6 Å². The van der Waals surface area contributed by atoms with Crippen LogP contribution in [0.25, 0.3) is 0 Å². The topological polar surface area (TPSA) is 38.5 Å². The highest BCUT2D eigenvalue weighted by atomic mass is 79.9. The van der Waals surface area contributed by atoms with Gasteiger partial charge in [-0.25, -0.2) is 0 Å². The molecule has 0 saturated carbocycles. The van der Waals surface area contributed by atoms with Gasteiger partial charge in [0.05, 0.1) is 11.6 Å². The SMILES string of the molecule is COc1ccc(C(CN)N(C)C(C)CC(C)C)cc1Br. The zero-order valence-electron chi connectivity index (χ0n) is 13.2. The molecule has 0 aliphatic rings. The fourth-order valence-electron chi connectivity index (χ4n) is 2.58. The Labute approximate surface area is 131 Å². The molecule has 2 unspecified atom stereocenters. The summed E-state index contributed by atoms with van der Waals surface area (Å²) in [5.41, 5.74) is 7.23. The van der Waals surface area contributed by atoms with E-state index in [2.05, 4.69) is 60.8 Å². The number of methoxy groups -OCH3 is 1. The fourth-order valence-corrected chi connectivity index (χ4v) is 3.14. The third-order valence-electron chi connectivity index (χ3n) is 3.78. The number of hydrogen-bond donors (Lipinski definition) is 1. The first-order valence-electron chi connectivity index (χ1n) is 7.16. The molecule has 1 rings (SSSR count). The number of halogens is 1. The molecule has 0 aromatic heterocycles. The number of ether oxygens (including phenoxy) is 1. The van der Waals surface area contributed by atoms with Crippen LogP contribution in [-0.2, 0) is 0 Å². The summed E-state index contributed by atoms with van der Waals surface area (Å²) >= 11 is 3.55. The van der Waals surface area contributed by atoms with Gasteiger partial charge in [0.1, 0.15) is 5.75 Å². The van der Waals surface area contributed by atoms with E-state index in [0.29, 0.717) is 18.5 Å². The van der Waals surface area contributed by atoms with E-state index in [1.807, 2.05) is 6.07 Å². The Kier molecular flexibility index (Phi) is 7.00. The highest BCUT2D eigenvalue weighted by Crippen LogP contribution is 2.30. The summed E-state index contributed by atoms with van der Waals surface area (Å²) in [6.07, 6.45) is 1.17. The van der Waals surface area contributed by atoms with Crippen LogP contribution in [0.15, 0.2) is 22.7 Å². The van der Waals surface area contributed by atoms with Crippen molar-refractivity contribution >= 4 is 15.9 Å². The number of likely N-dealkylation sites (N-methyl/N-ethyl adjacent to an activating group) is 1. The second-order valence-corrected chi connectivity index (χ2v) is 6.64. The van der Waals surface area contributed by atoms with Crippen molar-refractivity contribution in [2.75, 3.05) is 20.7 Å². The standard InChI is InChI=1S/C16H27BrN2O/c1-11(2)8-12(3)19(4)15(10-18)13-6-7-16(20-5)14(17)9-13/h6-7,9,11-12,15H,8,10,18H2,1-5H3. The third kappa shape index (κ3) is 4.47. The smallest absolute Gasteiger partial charge is 0.133 e. The Morgan fingerprint density at radius 1 is 1.30 bits per heavy atom. The van der Waals surface area contributed by atoms with Gasteiger partial charge in [-0.05, 0) is 59.9 Å². The first-order valence-corrected chi connectivity index (χ1v) is 7.95. The number of nitrogens with zero attached hydrogens (tertiary/aromatic N) is 1. The van der Waals surface area contributed by atoms with Gasteiger partial charge in [-0.3, -0.25) is 4.90 Å². The van der Waals surface area contributed by atoms with Crippen LogP contribution in [0.3, 0.4) is 0 Å². The van der Waals surface area contributed by atoms with E-state index in [4.69, 9.17) is 10.5 Å². The van der Waals surface area contributed by atoms with Crippen LogP contribution in [-0.4, -0.2) is 31.6 Å². The van der Waals surface area contributed by atoms with E-state index in [1.54, 1.807) is 7.11 Å². The highest BCUT2D eigenvalue weighted by Gasteiger charge is 2.21. The van der Waals surface area contributed by atoms with Crippen molar-refractivity contribution in [3.05, 3.63) is 28.2 Å². The van der Waals surface area contributed by atoms with Gasteiger partial charge in [0.25, 0.3) is 0 Å². The van der Waals surface area contributed by atoms with Crippen LogP contribution in [0.2, 0.25) is 0 Å². The van der Waals surface area contributed by atoms with Gasteiger partial charge in [0.2, 0.25) is 0 Å². The summed E-state index contributed by atoms with van der Waals surface area (Å²) in [5.74, 6) is 1.54. The molecule has 1 aromatic rings. The van der Waals surface area contributed by atoms with E-state index in [-0.39, 0.29) is 6.04 Å². The maximum atomic E-state index is 6.01. The van der Waals surface area contributed by atoms with Crippen molar-refractivity contribution in [3.63, 3.8) is 0 Å². The minimum Gasteiger partial charge on any atom is -0.496 e. The lowest BCUT2D eigenvalue weighted by atomic mass is 9.99. The molecule has 0 heterocycles. The predicted octanol–water partition coefficient (Wildman–Crippen LogP) is 3.82. The average molecular weight is 343 g/mol. The molecule has 4 heteroatoms. The van der Waals surface area contributed by atoms with Crippen LogP contribution in [0.5, 0.6) is 5.75 Å². The molecule has 0 aliphatic carbocycles. The third-order valence-corrected chi connectivity index (χ3v) is 4.40. The fraction of sp³-hybridized carbons (Fsp3) is 0.625. The lowest BCUT2D eigenvalue weighted by molar-refractivity contribution is 0.168. The van der Waals surface area contributed by atoms with E-state index >= 15 is 0 Å². The quantitative estimate of drug-likeness (QED) is 0.818. The van der Waals surface area contributed by atoms with Crippen LogP contribution in [0.4, 0.5) is 0 Å². The van der Waals surface area contributed by atoms with Gasteiger partial charge in [0.15, 0.2) is 0 Å².